The summed E-state index contributed by atoms with van der Waals surface area (Å²) < 4.78 is 5.14. The molecule has 0 saturated heterocycles. The average molecular weight is 431 g/mol. The Morgan fingerprint density at radius 1 is 1.10 bits per heavy atom. The van der Waals surface area contributed by atoms with Gasteiger partial charge in [0.25, 0.3) is 0 Å². The maximum atomic E-state index is 13.0. The van der Waals surface area contributed by atoms with Crippen molar-refractivity contribution in [3.8, 4) is 0 Å². The van der Waals surface area contributed by atoms with Gasteiger partial charge in [-0.1, -0.05) is 60.0 Å². The summed E-state index contributed by atoms with van der Waals surface area (Å²) in [6.45, 7) is 11.8. The Kier molecular flexibility index (Phi) is 7.75. The zero-order chi connectivity index (χ0) is 22.8. The van der Waals surface area contributed by atoms with Crippen LogP contribution in [0.4, 0.5) is 0 Å². The number of rotatable bonds is 8. The summed E-state index contributed by atoms with van der Waals surface area (Å²) in [6, 6.07) is 0. The van der Waals surface area contributed by atoms with Crippen LogP contribution in [-0.4, -0.2) is 18.9 Å². The minimum Gasteiger partial charge on any atom is -0.469 e. The van der Waals surface area contributed by atoms with Crippen LogP contribution in [0.5, 0.6) is 0 Å². The molecule has 3 nitrogen and oxygen atoms in total. The molecule has 0 unspecified atom stereocenters. The summed E-state index contributed by atoms with van der Waals surface area (Å²) in [5, 5.41) is 0. The molecule has 0 aromatic carbocycles. The van der Waals surface area contributed by atoms with Crippen LogP contribution in [0, 0.1) is 46.3 Å². The molecule has 31 heavy (non-hydrogen) atoms. The standard InChI is InChI=1S/C28H46O3/c1-19(2)10-9-11-20(3)22-13-14-23-21(18-26(30)31-6)24(15-17-27(22,23)4)28(5)16-8-7-12-25(28)29/h7,12,19-24H,8-11,13-18H2,1-6H3/t20-,21+,22-,23+,24+,27-,28-/m1/s1. The van der Waals surface area contributed by atoms with E-state index in [4.69, 9.17) is 4.74 Å². The lowest BCUT2D eigenvalue weighted by Crippen LogP contribution is -2.50. The van der Waals surface area contributed by atoms with Crippen molar-refractivity contribution < 1.29 is 14.3 Å². The maximum Gasteiger partial charge on any atom is 0.305 e. The number of methoxy groups -OCH3 is 1. The van der Waals surface area contributed by atoms with E-state index in [0.717, 1.165) is 37.0 Å². The fraction of sp³-hybridized carbons (Fsp3) is 0.857. The average Bonchev–Trinajstić information content (AvgIpc) is 3.07. The number of hydrogen-bond donors (Lipinski definition) is 0. The summed E-state index contributed by atoms with van der Waals surface area (Å²) >= 11 is 0. The first-order valence-corrected chi connectivity index (χ1v) is 12.9. The van der Waals surface area contributed by atoms with Gasteiger partial charge < -0.3 is 4.74 Å². The van der Waals surface area contributed by atoms with E-state index in [1.54, 1.807) is 6.08 Å². The second-order valence-corrected chi connectivity index (χ2v) is 11.9. The number of ether oxygens (including phenoxy) is 1. The van der Waals surface area contributed by atoms with Crippen LogP contribution in [-0.2, 0) is 14.3 Å². The molecule has 0 heterocycles. The van der Waals surface area contributed by atoms with Crippen LogP contribution in [0.3, 0.4) is 0 Å². The molecule has 0 N–H and O–H groups in total. The van der Waals surface area contributed by atoms with E-state index in [1.165, 1.54) is 45.6 Å². The zero-order valence-corrected chi connectivity index (χ0v) is 20.9. The summed E-state index contributed by atoms with van der Waals surface area (Å²) in [7, 11) is 1.50. The van der Waals surface area contributed by atoms with Gasteiger partial charge in [-0.05, 0) is 85.5 Å². The molecule has 0 aliphatic heterocycles. The van der Waals surface area contributed by atoms with Gasteiger partial charge >= 0.3 is 5.97 Å². The fourth-order valence-electron chi connectivity index (χ4n) is 7.92. The highest BCUT2D eigenvalue weighted by molar-refractivity contribution is 5.95. The maximum absolute atomic E-state index is 13.0. The molecule has 0 aromatic heterocycles. The predicted molar refractivity (Wildman–Crippen MR) is 127 cm³/mol. The summed E-state index contributed by atoms with van der Waals surface area (Å²) in [5.41, 5.74) is -0.0356. The Bertz CT molecular complexity index is 680. The van der Waals surface area contributed by atoms with Crippen LogP contribution in [0.2, 0.25) is 0 Å². The first kappa shape index (κ1) is 24.5. The first-order valence-electron chi connectivity index (χ1n) is 12.9. The Balaban J connectivity index is 1.83. The highest BCUT2D eigenvalue weighted by Crippen LogP contribution is 2.64. The highest BCUT2D eigenvalue weighted by atomic mass is 16.5. The zero-order valence-electron chi connectivity index (χ0n) is 20.9. The van der Waals surface area contributed by atoms with Gasteiger partial charge in [-0.3, -0.25) is 9.59 Å². The molecule has 3 rings (SSSR count). The second-order valence-electron chi connectivity index (χ2n) is 11.9. The quantitative estimate of drug-likeness (QED) is 0.389. The Hall–Kier alpha value is -1.12. The molecule has 3 aliphatic rings. The minimum absolute atomic E-state index is 0.102. The lowest BCUT2D eigenvalue weighted by molar-refractivity contribution is -0.149. The van der Waals surface area contributed by atoms with Crippen molar-refractivity contribution in [2.45, 2.75) is 98.8 Å². The van der Waals surface area contributed by atoms with Crippen molar-refractivity contribution in [3.63, 3.8) is 0 Å². The van der Waals surface area contributed by atoms with E-state index in [1.807, 2.05) is 6.08 Å². The van der Waals surface area contributed by atoms with Gasteiger partial charge in [-0.25, -0.2) is 0 Å². The third-order valence-corrected chi connectivity index (χ3v) is 9.75. The number of carbonyl (C=O) groups excluding carboxylic acids is 2. The smallest absolute Gasteiger partial charge is 0.305 e. The monoisotopic (exact) mass is 430 g/mol. The molecule has 0 spiro atoms. The molecular formula is C28H46O3. The van der Waals surface area contributed by atoms with Crippen molar-refractivity contribution in [2.24, 2.45) is 46.3 Å². The largest absolute Gasteiger partial charge is 0.469 e. The lowest BCUT2D eigenvalue weighted by Gasteiger charge is -2.54. The molecule has 2 saturated carbocycles. The van der Waals surface area contributed by atoms with Crippen LogP contribution in [0.15, 0.2) is 12.2 Å². The van der Waals surface area contributed by atoms with Crippen LogP contribution >= 0.6 is 0 Å². The van der Waals surface area contributed by atoms with Gasteiger partial charge in [-0.2, -0.15) is 0 Å². The predicted octanol–water partition coefficient (Wildman–Crippen LogP) is 7.00. The minimum atomic E-state index is -0.324. The molecule has 0 radical (unpaired) electrons. The molecule has 3 aliphatic carbocycles. The van der Waals surface area contributed by atoms with Gasteiger partial charge in [0.1, 0.15) is 0 Å². The van der Waals surface area contributed by atoms with Crippen molar-refractivity contribution >= 4 is 11.8 Å². The summed E-state index contributed by atoms with van der Waals surface area (Å²) in [4.78, 5) is 25.5. The SMILES string of the molecule is COC(=O)C[C@H]1[C@@H]2CC[C@H]([C@H](C)CCCC(C)C)[C@@]2(C)CC[C@@H]1[C@@]1(C)CCC=CC1=O. The van der Waals surface area contributed by atoms with Crippen molar-refractivity contribution in [2.75, 3.05) is 7.11 Å². The molecule has 176 valence electrons. The van der Waals surface area contributed by atoms with Crippen LogP contribution in [0.25, 0.3) is 0 Å². The van der Waals surface area contributed by atoms with E-state index >= 15 is 0 Å². The molecule has 2 fully saturated rings. The molecular weight excluding hydrogens is 384 g/mol. The van der Waals surface area contributed by atoms with Gasteiger partial charge in [-0.15, -0.1) is 0 Å². The molecule has 3 heteroatoms. The third-order valence-electron chi connectivity index (χ3n) is 9.75. The van der Waals surface area contributed by atoms with Crippen molar-refractivity contribution in [1.29, 1.82) is 0 Å². The van der Waals surface area contributed by atoms with Crippen molar-refractivity contribution in [1.82, 2.24) is 0 Å². The van der Waals surface area contributed by atoms with E-state index in [9.17, 15) is 9.59 Å². The molecule has 0 bridgehead atoms. The highest BCUT2D eigenvalue weighted by Gasteiger charge is 2.58. The van der Waals surface area contributed by atoms with Gasteiger partial charge in [0, 0.05) is 11.8 Å². The molecule has 0 aromatic rings. The first-order chi connectivity index (χ1) is 14.6. The molecule has 0 amide bonds. The summed E-state index contributed by atoms with van der Waals surface area (Å²) in [5.74, 6) is 3.50. The lowest BCUT2D eigenvalue weighted by atomic mass is 9.50. The normalized spacial score (nSPS) is 38.9. The number of ketones is 1. The van der Waals surface area contributed by atoms with E-state index < -0.39 is 0 Å². The third kappa shape index (κ3) is 4.81. The van der Waals surface area contributed by atoms with E-state index in [2.05, 4.69) is 34.6 Å². The van der Waals surface area contributed by atoms with Gasteiger partial charge in [0.15, 0.2) is 5.78 Å². The van der Waals surface area contributed by atoms with Crippen LogP contribution < -0.4 is 0 Å². The number of carbonyl (C=O) groups is 2. The topological polar surface area (TPSA) is 43.4 Å². The Morgan fingerprint density at radius 2 is 1.84 bits per heavy atom. The van der Waals surface area contributed by atoms with Gasteiger partial charge in [0.2, 0.25) is 0 Å². The van der Waals surface area contributed by atoms with E-state index in [-0.39, 0.29) is 34.4 Å². The van der Waals surface area contributed by atoms with E-state index in [0.29, 0.717) is 12.3 Å². The molecule has 7 atom stereocenters. The van der Waals surface area contributed by atoms with Crippen molar-refractivity contribution in [3.05, 3.63) is 12.2 Å². The number of esters is 1. The Labute approximate surface area is 190 Å². The summed E-state index contributed by atoms with van der Waals surface area (Å²) in [6.07, 6.45) is 14.9. The second kappa shape index (κ2) is 9.79. The number of fused-ring (bicyclic) bond motifs is 1. The van der Waals surface area contributed by atoms with Crippen LogP contribution in [0.1, 0.15) is 98.8 Å². The van der Waals surface area contributed by atoms with Gasteiger partial charge in [0.05, 0.1) is 7.11 Å². The number of hydrogen-bond acceptors (Lipinski definition) is 3. The fourth-order valence-corrected chi connectivity index (χ4v) is 7.92. The Morgan fingerprint density at radius 3 is 2.48 bits per heavy atom. The number of allylic oxidation sites excluding steroid dienone is 2.